The van der Waals surface area contributed by atoms with Crippen molar-refractivity contribution in [2.75, 3.05) is 12.4 Å². The Balaban J connectivity index is 1.76. The van der Waals surface area contributed by atoms with Crippen LogP contribution < -0.4 is 10.1 Å². The SMILES string of the molecule is COc1ccc(NC(=O)C(c2ccc(Cl)cc2)C2CC2)cc1. The second-order valence-electron chi connectivity index (χ2n) is 5.58. The number of ether oxygens (including phenoxy) is 1. The number of hydrogen-bond acceptors (Lipinski definition) is 2. The van der Waals surface area contributed by atoms with Gasteiger partial charge in [0, 0.05) is 10.7 Å². The Morgan fingerprint density at radius 1 is 1.14 bits per heavy atom. The van der Waals surface area contributed by atoms with Crippen LogP contribution in [0.4, 0.5) is 5.69 Å². The summed E-state index contributed by atoms with van der Waals surface area (Å²) in [6, 6.07) is 14.9. The highest BCUT2D eigenvalue weighted by atomic mass is 35.5. The van der Waals surface area contributed by atoms with Crippen LogP contribution in [-0.4, -0.2) is 13.0 Å². The number of halogens is 1. The topological polar surface area (TPSA) is 38.3 Å². The average Bonchev–Trinajstić information content (AvgIpc) is 3.35. The number of hydrogen-bond donors (Lipinski definition) is 1. The number of benzene rings is 2. The molecule has 1 N–H and O–H groups in total. The molecule has 2 aromatic rings. The Morgan fingerprint density at radius 3 is 2.32 bits per heavy atom. The Kier molecular flexibility index (Phi) is 4.34. The van der Waals surface area contributed by atoms with Crippen LogP contribution in [0.2, 0.25) is 5.02 Å². The molecule has 0 aromatic heterocycles. The summed E-state index contributed by atoms with van der Waals surface area (Å²) in [7, 11) is 1.62. The highest BCUT2D eigenvalue weighted by molar-refractivity contribution is 6.30. The second-order valence-corrected chi connectivity index (χ2v) is 6.02. The van der Waals surface area contributed by atoms with Gasteiger partial charge in [-0.1, -0.05) is 23.7 Å². The van der Waals surface area contributed by atoms with Crippen molar-refractivity contribution in [1.82, 2.24) is 0 Å². The monoisotopic (exact) mass is 315 g/mol. The lowest BCUT2D eigenvalue weighted by molar-refractivity contribution is -0.118. The zero-order chi connectivity index (χ0) is 15.5. The summed E-state index contributed by atoms with van der Waals surface area (Å²) in [6.45, 7) is 0. The molecule has 22 heavy (non-hydrogen) atoms. The Hall–Kier alpha value is -2.00. The van der Waals surface area contributed by atoms with E-state index in [1.54, 1.807) is 7.11 Å². The molecule has 114 valence electrons. The molecule has 0 saturated heterocycles. The number of rotatable bonds is 5. The molecule has 3 rings (SSSR count). The third-order valence-corrected chi connectivity index (χ3v) is 4.21. The van der Waals surface area contributed by atoms with Crippen LogP contribution in [0, 0.1) is 5.92 Å². The third kappa shape index (κ3) is 3.42. The first kappa shape index (κ1) is 14.9. The molecule has 0 aliphatic heterocycles. The van der Waals surface area contributed by atoms with Gasteiger partial charge >= 0.3 is 0 Å². The number of amides is 1. The van der Waals surface area contributed by atoms with Gasteiger partial charge in [0.25, 0.3) is 0 Å². The van der Waals surface area contributed by atoms with Gasteiger partial charge in [0.1, 0.15) is 5.75 Å². The number of methoxy groups -OCH3 is 1. The van der Waals surface area contributed by atoms with Crippen molar-refractivity contribution in [3.05, 3.63) is 59.1 Å². The first-order valence-electron chi connectivity index (χ1n) is 7.38. The highest BCUT2D eigenvalue weighted by Crippen LogP contribution is 2.43. The molecule has 0 bridgehead atoms. The number of carbonyl (C=O) groups excluding carboxylic acids is 1. The summed E-state index contributed by atoms with van der Waals surface area (Å²) in [4.78, 5) is 12.7. The zero-order valence-corrected chi connectivity index (χ0v) is 13.1. The Labute approximate surface area is 135 Å². The van der Waals surface area contributed by atoms with Crippen molar-refractivity contribution in [1.29, 1.82) is 0 Å². The molecule has 1 aliphatic carbocycles. The van der Waals surface area contributed by atoms with E-state index in [0.29, 0.717) is 10.9 Å². The molecule has 0 radical (unpaired) electrons. The van der Waals surface area contributed by atoms with Crippen molar-refractivity contribution < 1.29 is 9.53 Å². The average molecular weight is 316 g/mol. The highest BCUT2D eigenvalue weighted by Gasteiger charge is 2.37. The largest absolute Gasteiger partial charge is 0.497 e. The van der Waals surface area contributed by atoms with E-state index in [0.717, 1.165) is 29.8 Å². The van der Waals surface area contributed by atoms with E-state index in [9.17, 15) is 4.79 Å². The van der Waals surface area contributed by atoms with E-state index in [4.69, 9.17) is 16.3 Å². The van der Waals surface area contributed by atoms with E-state index in [1.807, 2.05) is 48.5 Å². The maximum Gasteiger partial charge on any atom is 0.232 e. The normalized spacial score (nSPS) is 15.2. The van der Waals surface area contributed by atoms with Crippen molar-refractivity contribution in [3.8, 4) is 5.75 Å². The standard InChI is InChI=1S/C18H18ClNO2/c1-22-16-10-8-15(9-11-16)20-18(21)17(12-2-3-12)13-4-6-14(19)7-5-13/h4-12,17H,2-3H2,1H3,(H,20,21). The first-order chi connectivity index (χ1) is 10.7. The lowest BCUT2D eigenvalue weighted by Crippen LogP contribution is -2.22. The van der Waals surface area contributed by atoms with Crippen molar-refractivity contribution >= 4 is 23.2 Å². The van der Waals surface area contributed by atoms with Crippen LogP contribution in [0.5, 0.6) is 5.75 Å². The lowest BCUT2D eigenvalue weighted by atomic mass is 9.93. The van der Waals surface area contributed by atoms with Gasteiger partial charge in [-0.15, -0.1) is 0 Å². The van der Waals surface area contributed by atoms with Gasteiger partial charge in [-0.25, -0.2) is 0 Å². The van der Waals surface area contributed by atoms with Crippen LogP contribution in [-0.2, 0) is 4.79 Å². The maximum atomic E-state index is 12.7. The number of nitrogens with one attached hydrogen (secondary N) is 1. The molecule has 0 heterocycles. The molecular formula is C18H18ClNO2. The van der Waals surface area contributed by atoms with Crippen molar-refractivity contribution in [2.24, 2.45) is 5.92 Å². The van der Waals surface area contributed by atoms with E-state index < -0.39 is 0 Å². The summed E-state index contributed by atoms with van der Waals surface area (Å²) in [5, 5.41) is 3.69. The maximum absolute atomic E-state index is 12.7. The van der Waals surface area contributed by atoms with Crippen LogP contribution in [0.25, 0.3) is 0 Å². The molecule has 1 unspecified atom stereocenters. The molecule has 4 heteroatoms. The number of carbonyl (C=O) groups is 1. The van der Waals surface area contributed by atoms with E-state index in [-0.39, 0.29) is 11.8 Å². The quantitative estimate of drug-likeness (QED) is 0.883. The molecule has 1 aliphatic rings. The molecule has 2 aromatic carbocycles. The van der Waals surface area contributed by atoms with E-state index in [2.05, 4.69) is 5.32 Å². The van der Waals surface area contributed by atoms with Gasteiger partial charge in [-0.3, -0.25) is 4.79 Å². The minimum atomic E-state index is -0.112. The third-order valence-electron chi connectivity index (χ3n) is 3.96. The molecule has 1 atom stereocenters. The molecule has 1 amide bonds. The van der Waals surface area contributed by atoms with Crippen LogP contribution in [0.3, 0.4) is 0 Å². The summed E-state index contributed by atoms with van der Waals surface area (Å²) in [5.74, 6) is 1.13. The predicted octanol–water partition coefficient (Wildman–Crippen LogP) is 4.48. The summed E-state index contributed by atoms with van der Waals surface area (Å²) >= 11 is 5.94. The Morgan fingerprint density at radius 2 is 1.77 bits per heavy atom. The van der Waals surface area contributed by atoms with Crippen LogP contribution in [0.15, 0.2) is 48.5 Å². The van der Waals surface area contributed by atoms with Crippen LogP contribution >= 0.6 is 11.6 Å². The fourth-order valence-electron chi connectivity index (χ4n) is 2.63. The van der Waals surface area contributed by atoms with Gasteiger partial charge in [-0.2, -0.15) is 0 Å². The van der Waals surface area contributed by atoms with Crippen LogP contribution in [0.1, 0.15) is 24.3 Å². The van der Waals surface area contributed by atoms with Gasteiger partial charge in [-0.05, 0) is 60.7 Å². The molecule has 0 spiro atoms. The van der Waals surface area contributed by atoms with Crippen molar-refractivity contribution in [2.45, 2.75) is 18.8 Å². The first-order valence-corrected chi connectivity index (χ1v) is 7.75. The zero-order valence-electron chi connectivity index (χ0n) is 12.4. The van der Waals surface area contributed by atoms with E-state index in [1.165, 1.54) is 0 Å². The molecule has 1 saturated carbocycles. The minimum Gasteiger partial charge on any atom is -0.497 e. The van der Waals surface area contributed by atoms with Crippen molar-refractivity contribution in [3.63, 3.8) is 0 Å². The lowest BCUT2D eigenvalue weighted by Gasteiger charge is -2.17. The summed E-state index contributed by atoms with van der Waals surface area (Å²) in [6.07, 6.45) is 2.20. The minimum absolute atomic E-state index is 0.0370. The fourth-order valence-corrected chi connectivity index (χ4v) is 2.76. The summed E-state index contributed by atoms with van der Waals surface area (Å²) in [5.41, 5.74) is 1.81. The smallest absolute Gasteiger partial charge is 0.232 e. The van der Waals surface area contributed by atoms with E-state index >= 15 is 0 Å². The Bertz CT molecular complexity index is 648. The second kappa shape index (κ2) is 6.41. The predicted molar refractivity (Wildman–Crippen MR) is 88.5 cm³/mol. The molecule has 3 nitrogen and oxygen atoms in total. The fraction of sp³-hybridized carbons (Fsp3) is 0.278. The van der Waals surface area contributed by atoms with Gasteiger partial charge < -0.3 is 10.1 Å². The number of anilines is 1. The van der Waals surface area contributed by atoms with Gasteiger partial charge in [0.2, 0.25) is 5.91 Å². The summed E-state index contributed by atoms with van der Waals surface area (Å²) < 4.78 is 5.13. The molecule has 1 fully saturated rings. The van der Waals surface area contributed by atoms with Gasteiger partial charge in [0.15, 0.2) is 0 Å². The molecular weight excluding hydrogens is 298 g/mol. The van der Waals surface area contributed by atoms with Gasteiger partial charge in [0.05, 0.1) is 13.0 Å².